The van der Waals surface area contributed by atoms with Gasteiger partial charge in [-0.15, -0.1) is 0 Å². The van der Waals surface area contributed by atoms with Gasteiger partial charge in [0, 0.05) is 13.1 Å². The molecule has 7 heteroatoms. The van der Waals surface area contributed by atoms with Crippen LogP contribution in [0.4, 0.5) is 0 Å². The van der Waals surface area contributed by atoms with Crippen molar-refractivity contribution in [1.29, 1.82) is 0 Å². The van der Waals surface area contributed by atoms with Crippen molar-refractivity contribution in [3.05, 3.63) is 48.5 Å². The van der Waals surface area contributed by atoms with E-state index in [-0.39, 0.29) is 4.90 Å². The highest BCUT2D eigenvalue weighted by Crippen LogP contribution is 2.26. The molecular formula is C17H19NO5S. The topological polar surface area (TPSA) is 65.1 Å². The monoisotopic (exact) mass is 349 g/mol. The molecule has 128 valence electrons. The molecule has 0 aromatic heterocycles. The molecule has 0 spiro atoms. The smallest absolute Gasteiger partial charge is 0.243 e. The quantitative estimate of drug-likeness (QED) is 0.830. The van der Waals surface area contributed by atoms with Gasteiger partial charge in [-0.3, -0.25) is 0 Å². The van der Waals surface area contributed by atoms with Gasteiger partial charge < -0.3 is 14.2 Å². The van der Waals surface area contributed by atoms with E-state index in [2.05, 4.69) is 0 Å². The Labute approximate surface area is 141 Å². The number of sulfonamides is 1. The lowest BCUT2D eigenvalue weighted by Crippen LogP contribution is -2.40. The molecule has 1 aliphatic heterocycles. The van der Waals surface area contributed by atoms with Crippen LogP contribution in [0.1, 0.15) is 0 Å². The zero-order valence-electron chi connectivity index (χ0n) is 13.3. The van der Waals surface area contributed by atoms with E-state index in [4.69, 9.17) is 14.2 Å². The van der Waals surface area contributed by atoms with Crippen molar-refractivity contribution >= 4 is 10.0 Å². The third-order valence-electron chi connectivity index (χ3n) is 3.73. The van der Waals surface area contributed by atoms with Gasteiger partial charge >= 0.3 is 0 Å². The predicted molar refractivity (Wildman–Crippen MR) is 89.1 cm³/mol. The first kappa shape index (κ1) is 16.8. The van der Waals surface area contributed by atoms with E-state index in [1.54, 1.807) is 55.6 Å². The Kier molecular flexibility index (Phi) is 5.03. The Morgan fingerprint density at radius 1 is 0.875 bits per heavy atom. The van der Waals surface area contributed by atoms with E-state index < -0.39 is 10.0 Å². The molecule has 0 amide bonds. The molecule has 0 saturated carbocycles. The molecule has 1 heterocycles. The Balaban J connectivity index is 1.72. The minimum absolute atomic E-state index is 0.256. The van der Waals surface area contributed by atoms with Crippen LogP contribution in [-0.2, 0) is 14.8 Å². The third kappa shape index (κ3) is 3.69. The van der Waals surface area contributed by atoms with Gasteiger partial charge in [0.15, 0.2) is 0 Å². The van der Waals surface area contributed by atoms with Crippen molar-refractivity contribution in [2.75, 3.05) is 33.4 Å². The summed E-state index contributed by atoms with van der Waals surface area (Å²) >= 11 is 0. The van der Waals surface area contributed by atoms with Gasteiger partial charge in [0.05, 0.1) is 25.2 Å². The second-order valence-corrected chi connectivity index (χ2v) is 7.20. The van der Waals surface area contributed by atoms with Crippen LogP contribution in [-0.4, -0.2) is 46.1 Å². The molecule has 0 atom stereocenters. The number of benzene rings is 2. The summed E-state index contributed by atoms with van der Waals surface area (Å²) in [5.74, 6) is 1.97. The lowest BCUT2D eigenvalue weighted by atomic mass is 10.3. The summed E-state index contributed by atoms with van der Waals surface area (Å²) in [4.78, 5) is 0.256. The maximum Gasteiger partial charge on any atom is 0.243 e. The van der Waals surface area contributed by atoms with Crippen LogP contribution in [0.3, 0.4) is 0 Å². The van der Waals surface area contributed by atoms with E-state index in [9.17, 15) is 8.42 Å². The maximum absolute atomic E-state index is 12.5. The van der Waals surface area contributed by atoms with Crippen LogP contribution in [0.25, 0.3) is 0 Å². The lowest BCUT2D eigenvalue weighted by molar-refractivity contribution is 0.0730. The zero-order valence-corrected chi connectivity index (χ0v) is 14.2. The fourth-order valence-corrected chi connectivity index (χ4v) is 3.80. The molecule has 2 aromatic carbocycles. The number of morpholine rings is 1. The number of hydrogen-bond donors (Lipinski definition) is 0. The second-order valence-electron chi connectivity index (χ2n) is 5.27. The van der Waals surface area contributed by atoms with Crippen molar-refractivity contribution in [2.24, 2.45) is 0 Å². The van der Waals surface area contributed by atoms with Gasteiger partial charge in [-0.25, -0.2) is 8.42 Å². The molecule has 24 heavy (non-hydrogen) atoms. The average Bonchev–Trinajstić information content (AvgIpc) is 2.63. The van der Waals surface area contributed by atoms with Crippen LogP contribution in [0.15, 0.2) is 53.4 Å². The Bertz CT molecular complexity index is 766. The van der Waals surface area contributed by atoms with Crippen LogP contribution in [0, 0.1) is 0 Å². The van der Waals surface area contributed by atoms with Gasteiger partial charge in [0.25, 0.3) is 0 Å². The Hall–Kier alpha value is -2.09. The summed E-state index contributed by atoms with van der Waals surface area (Å²) in [6.45, 7) is 1.62. The van der Waals surface area contributed by atoms with E-state index >= 15 is 0 Å². The number of hydrogen-bond acceptors (Lipinski definition) is 5. The van der Waals surface area contributed by atoms with Gasteiger partial charge in [-0.2, -0.15) is 4.31 Å². The van der Waals surface area contributed by atoms with E-state index in [0.717, 1.165) is 5.75 Å². The molecule has 3 rings (SSSR count). The van der Waals surface area contributed by atoms with Crippen LogP contribution in [0.5, 0.6) is 17.2 Å². The SMILES string of the molecule is COc1ccc(Oc2ccc(S(=O)(=O)N3CCOCC3)cc2)cc1. The molecular weight excluding hydrogens is 330 g/mol. The van der Waals surface area contributed by atoms with Crippen molar-refractivity contribution < 1.29 is 22.6 Å². The zero-order chi connectivity index (χ0) is 17.0. The Morgan fingerprint density at radius 2 is 1.38 bits per heavy atom. The van der Waals surface area contributed by atoms with Gasteiger partial charge in [-0.05, 0) is 48.5 Å². The average molecular weight is 349 g/mol. The molecule has 6 nitrogen and oxygen atoms in total. The van der Waals surface area contributed by atoms with Crippen molar-refractivity contribution in [2.45, 2.75) is 4.90 Å². The van der Waals surface area contributed by atoms with Crippen LogP contribution >= 0.6 is 0 Å². The predicted octanol–water partition coefficient (Wildman–Crippen LogP) is 2.51. The third-order valence-corrected chi connectivity index (χ3v) is 5.64. The minimum Gasteiger partial charge on any atom is -0.497 e. The van der Waals surface area contributed by atoms with Gasteiger partial charge in [0.2, 0.25) is 10.0 Å². The first-order valence-corrected chi connectivity index (χ1v) is 9.03. The van der Waals surface area contributed by atoms with E-state index in [0.29, 0.717) is 37.8 Å². The highest BCUT2D eigenvalue weighted by atomic mass is 32.2. The van der Waals surface area contributed by atoms with E-state index in [1.165, 1.54) is 4.31 Å². The lowest BCUT2D eigenvalue weighted by Gasteiger charge is -2.26. The normalized spacial score (nSPS) is 15.9. The van der Waals surface area contributed by atoms with Crippen LogP contribution in [0.2, 0.25) is 0 Å². The van der Waals surface area contributed by atoms with Crippen molar-refractivity contribution in [1.82, 2.24) is 4.31 Å². The standard InChI is InChI=1S/C17H19NO5S/c1-21-14-2-4-15(5-3-14)23-16-6-8-17(9-7-16)24(19,20)18-10-12-22-13-11-18/h2-9H,10-13H2,1H3. The maximum atomic E-state index is 12.5. The fraction of sp³-hybridized carbons (Fsp3) is 0.294. The highest BCUT2D eigenvalue weighted by molar-refractivity contribution is 7.89. The van der Waals surface area contributed by atoms with Crippen molar-refractivity contribution in [3.8, 4) is 17.2 Å². The molecule has 0 radical (unpaired) electrons. The summed E-state index contributed by atoms with van der Waals surface area (Å²) < 4.78 is 42.5. The first-order valence-electron chi connectivity index (χ1n) is 7.59. The number of ether oxygens (including phenoxy) is 3. The molecule has 1 aliphatic rings. The molecule has 1 fully saturated rings. The fourth-order valence-electron chi connectivity index (χ4n) is 2.40. The molecule has 0 aliphatic carbocycles. The first-order chi connectivity index (χ1) is 11.6. The minimum atomic E-state index is -3.48. The number of methoxy groups -OCH3 is 1. The van der Waals surface area contributed by atoms with Gasteiger partial charge in [-0.1, -0.05) is 0 Å². The molecule has 0 unspecified atom stereocenters. The summed E-state index contributed by atoms with van der Waals surface area (Å²) in [6.07, 6.45) is 0. The van der Waals surface area contributed by atoms with Crippen molar-refractivity contribution in [3.63, 3.8) is 0 Å². The largest absolute Gasteiger partial charge is 0.497 e. The number of nitrogens with zero attached hydrogens (tertiary/aromatic N) is 1. The summed E-state index contributed by atoms with van der Waals surface area (Å²) in [6, 6.07) is 13.6. The van der Waals surface area contributed by atoms with E-state index in [1.807, 2.05) is 0 Å². The summed E-state index contributed by atoms with van der Waals surface area (Å²) in [5.41, 5.74) is 0. The highest BCUT2D eigenvalue weighted by Gasteiger charge is 2.26. The molecule has 1 saturated heterocycles. The van der Waals surface area contributed by atoms with Gasteiger partial charge in [0.1, 0.15) is 17.2 Å². The van der Waals surface area contributed by atoms with Crippen LogP contribution < -0.4 is 9.47 Å². The Morgan fingerprint density at radius 3 is 1.92 bits per heavy atom. The molecule has 0 bridgehead atoms. The summed E-state index contributed by atoms with van der Waals surface area (Å²) in [7, 11) is -1.88. The molecule has 0 N–H and O–H groups in total. The second kappa shape index (κ2) is 7.21. The molecule has 2 aromatic rings. The number of rotatable bonds is 5. The summed E-state index contributed by atoms with van der Waals surface area (Å²) in [5, 5.41) is 0.